The highest BCUT2D eigenvalue weighted by atomic mass is 32.2. The van der Waals surface area contributed by atoms with Gasteiger partial charge in [-0.25, -0.2) is 13.2 Å². The molecule has 4 nitrogen and oxygen atoms in total. The van der Waals surface area contributed by atoms with Crippen LogP contribution >= 0.6 is 11.8 Å². The molecular formula is C22H14F3N3OS. The molecule has 1 amide bonds. The maximum Gasteiger partial charge on any atom is 0.234 e. The Bertz CT molecular complexity index is 1230. The summed E-state index contributed by atoms with van der Waals surface area (Å²) in [6, 6.07) is 16.6. The number of amides is 1. The van der Waals surface area contributed by atoms with Gasteiger partial charge in [0.1, 0.15) is 16.5 Å². The summed E-state index contributed by atoms with van der Waals surface area (Å²) in [6.07, 6.45) is 0. The van der Waals surface area contributed by atoms with Crippen LogP contribution in [-0.2, 0) is 4.79 Å². The third kappa shape index (κ3) is 4.28. The van der Waals surface area contributed by atoms with Gasteiger partial charge in [0.25, 0.3) is 0 Å². The molecule has 0 bridgehead atoms. The molecule has 0 saturated carbocycles. The molecule has 0 aliphatic heterocycles. The van der Waals surface area contributed by atoms with Crippen molar-refractivity contribution in [1.82, 2.24) is 10.2 Å². The molecule has 0 aliphatic rings. The van der Waals surface area contributed by atoms with Gasteiger partial charge >= 0.3 is 0 Å². The van der Waals surface area contributed by atoms with Crippen molar-refractivity contribution < 1.29 is 18.0 Å². The Morgan fingerprint density at radius 3 is 2.33 bits per heavy atom. The maximum atomic E-state index is 13.3. The quantitative estimate of drug-likeness (QED) is 0.433. The Balaban J connectivity index is 1.54. The fourth-order valence-electron chi connectivity index (χ4n) is 2.91. The summed E-state index contributed by atoms with van der Waals surface area (Å²) in [5.74, 6) is -2.73. The monoisotopic (exact) mass is 425 g/mol. The topological polar surface area (TPSA) is 54.9 Å². The van der Waals surface area contributed by atoms with Crippen LogP contribution in [-0.4, -0.2) is 21.9 Å². The Morgan fingerprint density at radius 1 is 0.867 bits per heavy atom. The lowest BCUT2D eigenvalue weighted by atomic mass is 10.1. The zero-order chi connectivity index (χ0) is 21.1. The molecule has 0 aliphatic carbocycles. The number of anilines is 1. The van der Waals surface area contributed by atoms with Crippen molar-refractivity contribution in [3.63, 3.8) is 0 Å². The van der Waals surface area contributed by atoms with E-state index in [4.69, 9.17) is 0 Å². The second-order valence-corrected chi connectivity index (χ2v) is 7.34. The zero-order valence-electron chi connectivity index (χ0n) is 15.4. The molecule has 0 radical (unpaired) electrons. The number of nitrogens with one attached hydrogen (secondary N) is 1. The van der Waals surface area contributed by atoms with Gasteiger partial charge in [-0.3, -0.25) is 4.79 Å². The van der Waals surface area contributed by atoms with Gasteiger partial charge in [0.05, 0.1) is 5.75 Å². The summed E-state index contributed by atoms with van der Waals surface area (Å²) in [6.45, 7) is 0. The van der Waals surface area contributed by atoms with E-state index in [0.717, 1.165) is 28.5 Å². The minimum atomic E-state index is -1.03. The van der Waals surface area contributed by atoms with E-state index in [1.807, 2.05) is 24.3 Å². The van der Waals surface area contributed by atoms with Crippen LogP contribution in [0.1, 0.15) is 0 Å². The number of nitrogens with zero attached hydrogens (tertiary/aromatic N) is 2. The van der Waals surface area contributed by atoms with Crippen molar-refractivity contribution >= 4 is 34.1 Å². The number of benzene rings is 3. The number of carbonyl (C=O) groups is 1. The first kappa shape index (κ1) is 19.9. The zero-order valence-corrected chi connectivity index (χ0v) is 16.2. The third-order valence-corrected chi connectivity index (χ3v) is 5.30. The molecule has 4 rings (SSSR count). The third-order valence-electron chi connectivity index (χ3n) is 4.31. The van der Waals surface area contributed by atoms with Gasteiger partial charge in [0.15, 0.2) is 11.6 Å². The van der Waals surface area contributed by atoms with Crippen molar-refractivity contribution in [2.45, 2.75) is 5.03 Å². The number of carbonyl (C=O) groups excluding carboxylic acids is 1. The summed E-state index contributed by atoms with van der Waals surface area (Å²) in [5, 5.41) is 13.2. The molecule has 1 aromatic heterocycles. The summed E-state index contributed by atoms with van der Waals surface area (Å²) < 4.78 is 39.5. The molecule has 0 spiro atoms. The van der Waals surface area contributed by atoms with Crippen molar-refractivity contribution in [1.29, 1.82) is 0 Å². The van der Waals surface area contributed by atoms with Crippen molar-refractivity contribution in [2.24, 2.45) is 0 Å². The van der Waals surface area contributed by atoms with Crippen molar-refractivity contribution in [3.8, 4) is 11.3 Å². The van der Waals surface area contributed by atoms with E-state index in [1.165, 1.54) is 30.0 Å². The normalized spacial score (nSPS) is 10.9. The fraction of sp³-hybridized carbons (Fsp3) is 0.0455. The highest BCUT2D eigenvalue weighted by Crippen LogP contribution is 2.31. The van der Waals surface area contributed by atoms with Crippen LogP contribution in [0.25, 0.3) is 22.0 Å². The van der Waals surface area contributed by atoms with E-state index in [1.54, 1.807) is 12.1 Å². The van der Waals surface area contributed by atoms with Crippen molar-refractivity contribution in [2.75, 3.05) is 11.1 Å². The van der Waals surface area contributed by atoms with E-state index in [9.17, 15) is 18.0 Å². The Morgan fingerprint density at radius 2 is 1.60 bits per heavy atom. The predicted molar refractivity (Wildman–Crippen MR) is 111 cm³/mol. The minimum Gasteiger partial charge on any atom is -0.325 e. The van der Waals surface area contributed by atoms with Gasteiger partial charge in [0, 0.05) is 28.1 Å². The summed E-state index contributed by atoms with van der Waals surface area (Å²) >= 11 is 1.18. The number of thioether (sulfide) groups is 1. The average molecular weight is 425 g/mol. The van der Waals surface area contributed by atoms with Crippen LogP contribution < -0.4 is 5.32 Å². The Labute approximate surface area is 174 Å². The molecule has 0 fully saturated rings. The van der Waals surface area contributed by atoms with Gasteiger partial charge in [-0.2, -0.15) is 0 Å². The van der Waals surface area contributed by atoms with Gasteiger partial charge in [-0.05, 0) is 36.4 Å². The Hall–Kier alpha value is -3.39. The number of hydrogen-bond donors (Lipinski definition) is 1. The first-order valence-electron chi connectivity index (χ1n) is 8.90. The SMILES string of the molecule is O=C(CSc1nnc(-c2ccc(F)cc2)c2ccccc12)Nc1ccc(F)c(F)c1. The highest BCUT2D eigenvalue weighted by Gasteiger charge is 2.13. The number of fused-ring (bicyclic) bond motifs is 1. The maximum absolute atomic E-state index is 13.3. The molecule has 0 atom stereocenters. The number of rotatable bonds is 5. The van der Waals surface area contributed by atoms with Crippen LogP contribution in [0.3, 0.4) is 0 Å². The molecular weight excluding hydrogens is 411 g/mol. The molecule has 30 heavy (non-hydrogen) atoms. The van der Waals surface area contributed by atoms with Crippen LogP contribution in [0.5, 0.6) is 0 Å². The molecule has 4 aromatic rings. The molecule has 3 aromatic carbocycles. The summed E-state index contributed by atoms with van der Waals surface area (Å²) in [5.41, 5.74) is 1.51. The van der Waals surface area contributed by atoms with Crippen LogP contribution in [0.15, 0.2) is 71.8 Å². The van der Waals surface area contributed by atoms with Crippen LogP contribution in [0.4, 0.5) is 18.9 Å². The lowest BCUT2D eigenvalue weighted by Crippen LogP contribution is -2.14. The molecule has 150 valence electrons. The van der Waals surface area contributed by atoms with E-state index >= 15 is 0 Å². The number of hydrogen-bond acceptors (Lipinski definition) is 4. The Kier molecular flexibility index (Phi) is 5.67. The first-order chi connectivity index (χ1) is 14.5. The van der Waals surface area contributed by atoms with Gasteiger partial charge in [-0.15, -0.1) is 10.2 Å². The molecule has 0 saturated heterocycles. The molecule has 1 heterocycles. The van der Waals surface area contributed by atoms with Gasteiger partial charge in [-0.1, -0.05) is 36.0 Å². The predicted octanol–water partition coefficient (Wildman–Crippen LogP) is 5.44. The van der Waals surface area contributed by atoms with E-state index in [2.05, 4.69) is 15.5 Å². The van der Waals surface area contributed by atoms with Crippen LogP contribution in [0, 0.1) is 17.5 Å². The second-order valence-electron chi connectivity index (χ2n) is 6.37. The summed E-state index contributed by atoms with van der Waals surface area (Å²) in [7, 11) is 0. The molecule has 8 heteroatoms. The second kappa shape index (κ2) is 8.54. The standard InChI is InChI=1S/C22H14F3N3OS/c23-14-7-5-13(6-8-14)21-16-3-1-2-4-17(16)22(28-27-21)30-12-20(29)26-15-9-10-18(24)19(25)11-15/h1-11H,12H2,(H,26,29). The first-order valence-corrected chi connectivity index (χ1v) is 9.89. The number of halogens is 3. The lowest BCUT2D eigenvalue weighted by Gasteiger charge is -2.09. The number of aromatic nitrogens is 2. The lowest BCUT2D eigenvalue weighted by molar-refractivity contribution is -0.113. The fourth-order valence-corrected chi connectivity index (χ4v) is 3.68. The van der Waals surface area contributed by atoms with Crippen LogP contribution in [0.2, 0.25) is 0 Å². The smallest absolute Gasteiger partial charge is 0.234 e. The van der Waals surface area contributed by atoms with Gasteiger partial charge in [0.2, 0.25) is 5.91 Å². The molecule has 1 N–H and O–H groups in total. The van der Waals surface area contributed by atoms with E-state index < -0.39 is 11.6 Å². The van der Waals surface area contributed by atoms with Crippen molar-refractivity contribution in [3.05, 3.63) is 84.2 Å². The van der Waals surface area contributed by atoms with E-state index in [0.29, 0.717) is 10.7 Å². The average Bonchev–Trinajstić information content (AvgIpc) is 2.75. The molecule has 0 unspecified atom stereocenters. The summed E-state index contributed by atoms with van der Waals surface area (Å²) in [4.78, 5) is 12.2. The van der Waals surface area contributed by atoms with Gasteiger partial charge < -0.3 is 5.32 Å². The minimum absolute atomic E-state index is 0.00750. The van der Waals surface area contributed by atoms with E-state index in [-0.39, 0.29) is 23.2 Å². The highest BCUT2D eigenvalue weighted by molar-refractivity contribution is 8.00. The largest absolute Gasteiger partial charge is 0.325 e.